The van der Waals surface area contributed by atoms with Crippen LogP contribution in [-0.2, 0) is 14.3 Å². The summed E-state index contributed by atoms with van der Waals surface area (Å²) >= 11 is 0. The number of hydrogen-bond donors (Lipinski definition) is 3. The van der Waals surface area contributed by atoms with E-state index in [-0.39, 0.29) is 36.2 Å². The lowest BCUT2D eigenvalue weighted by Crippen LogP contribution is -2.45. The van der Waals surface area contributed by atoms with E-state index in [0.717, 1.165) is 11.1 Å². The number of nitrogens with one attached hydrogen (secondary N) is 2. The van der Waals surface area contributed by atoms with Gasteiger partial charge in [0.1, 0.15) is 12.6 Å². The van der Waals surface area contributed by atoms with E-state index in [2.05, 4.69) is 34.9 Å². The van der Waals surface area contributed by atoms with Crippen LogP contribution in [0.3, 0.4) is 0 Å². The van der Waals surface area contributed by atoms with Crippen LogP contribution >= 0.6 is 0 Å². The minimum atomic E-state index is -1.04. The summed E-state index contributed by atoms with van der Waals surface area (Å²) in [6, 6.07) is 15.4. The first-order valence-corrected chi connectivity index (χ1v) is 11.0. The van der Waals surface area contributed by atoms with Crippen molar-refractivity contribution < 1.29 is 24.2 Å². The molecule has 168 valence electrons. The van der Waals surface area contributed by atoms with E-state index in [9.17, 15) is 19.5 Å². The molecule has 7 nitrogen and oxygen atoms in total. The molecular formula is C25H28N2O5. The minimum absolute atomic E-state index is 0.00269. The molecule has 2 aromatic rings. The highest BCUT2D eigenvalue weighted by Crippen LogP contribution is 2.44. The highest BCUT2D eigenvalue weighted by Gasteiger charge is 2.44. The summed E-state index contributed by atoms with van der Waals surface area (Å²) in [4.78, 5) is 35.8. The number of carbonyl (C=O) groups excluding carboxylic acids is 2. The SMILES string of the molecule is CC(C)C(NC(=O)[C@@H]1C[C@@H]1CNC(=O)OCC1c2ccccc2-c2ccccc21)C(=O)O. The molecule has 0 spiro atoms. The number of rotatable bonds is 8. The van der Waals surface area contributed by atoms with Crippen molar-refractivity contribution in [1.29, 1.82) is 0 Å². The van der Waals surface area contributed by atoms with Crippen LogP contribution in [-0.4, -0.2) is 42.3 Å². The summed E-state index contributed by atoms with van der Waals surface area (Å²) in [5, 5.41) is 14.6. The fourth-order valence-electron chi connectivity index (χ4n) is 4.43. The fourth-order valence-corrected chi connectivity index (χ4v) is 4.43. The average molecular weight is 437 g/mol. The Bertz CT molecular complexity index is 989. The molecular weight excluding hydrogens is 408 g/mol. The van der Waals surface area contributed by atoms with Gasteiger partial charge in [0.15, 0.2) is 0 Å². The van der Waals surface area contributed by atoms with E-state index in [4.69, 9.17) is 4.74 Å². The Kier molecular flexibility index (Phi) is 6.17. The minimum Gasteiger partial charge on any atom is -0.480 e. The molecule has 2 aliphatic carbocycles. The fraction of sp³-hybridized carbons (Fsp3) is 0.400. The molecule has 2 amide bonds. The van der Waals surface area contributed by atoms with Crippen LogP contribution in [0.1, 0.15) is 37.3 Å². The smallest absolute Gasteiger partial charge is 0.407 e. The van der Waals surface area contributed by atoms with Crippen LogP contribution in [0, 0.1) is 17.8 Å². The number of amides is 2. The monoisotopic (exact) mass is 436 g/mol. The van der Waals surface area contributed by atoms with Gasteiger partial charge in [0.25, 0.3) is 0 Å². The largest absolute Gasteiger partial charge is 0.480 e. The van der Waals surface area contributed by atoms with Gasteiger partial charge in [-0.1, -0.05) is 62.4 Å². The van der Waals surface area contributed by atoms with Gasteiger partial charge < -0.3 is 20.5 Å². The lowest BCUT2D eigenvalue weighted by atomic mass is 9.98. The van der Waals surface area contributed by atoms with Crippen LogP contribution in [0.4, 0.5) is 4.79 Å². The number of carbonyl (C=O) groups is 3. The Morgan fingerprint density at radius 1 is 1.03 bits per heavy atom. The highest BCUT2D eigenvalue weighted by molar-refractivity contribution is 5.87. The molecule has 0 aliphatic heterocycles. The number of benzene rings is 2. The molecule has 0 bridgehead atoms. The van der Waals surface area contributed by atoms with Crippen molar-refractivity contribution >= 4 is 18.0 Å². The second kappa shape index (κ2) is 9.02. The number of aliphatic carboxylic acids is 1. The van der Waals surface area contributed by atoms with Crippen molar-refractivity contribution in [2.75, 3.05) is 13.2 Å². The van der Waals surface area contributed by atoms with Gasteiger partial charge in [-0.05, 0) is 40.5 Å². The molecule has 0 radical (unpaired) electrons. The van der Waals surface area contributed by atoms with Crippen LogP contribution in [0.25, 0.3) is 11.1 Å². The summed E-state index contributed by atoms with van der Waals surface area (Å²) in [5.74, 6) is -1.79. The Hall–Kier alpha value is -3.35. The van der Waals surface area contributed by atoms with Gasteiger partial charge in [0.05, 0.1) is 0 Å². The molecule has 1 unspecified atom stereocenters. The number of fused-ring (bicyclic) bond motifs is 3. The first-order chi connectivity index (χ1) is 15.4. The lowest BCUT2D eigenvalue weighted by Gasteiger charge is -2.18. The zero-order chi connectivity index (χ0) is 22.8. The molecule has 3 N–H and O–H groups in total. The number of ether oxygens (including phenoxy) is 1. The Morgan fingerprint density at radius 2 is 1.62 bits per heavy atom. The van der Waals surface area contributed by atoms with Crippen LogP contribution in [0.15, 0.2) is 48.5 Å². The third kappa shape index (κ3) is 4.47. The number of carboxylic acids is 1. The van der Waals surface area contributed by atoms with Crippen molar-refractivity contribution in [2.45, 2.75) is 32.2 Å². The average Bonchev–Trinajstić information content (AvgIpc) is 3.49. The highest BCUT2D eigenvalue weighted by atomic mass is 16.5. The first-order valence-electron chi connectivity index (χ1n) is 11.0. The molecule has 0 saturated heterocycles. The van der Waals surface area contributed by atoms with E-state index >= 15 is 0 Å². The molecule has 4 rings (SSSR count). The molecule has 1 fully saturated rings. The Labute approximate surface area is 187 Å². The van der Waals surface area contributed by atoms with Crippen LogP contribution in [0.2, 0.25) is 0 Å². The van der Waals surface area contributed by atoms with Crippen LogP contribution in [0.5, 0.6) is 0 Å². The quantitative estimate of drug-likeness (QED) is 0.588. The Balaban J connectivity index is 1.26. The molecule has 1 saturated carbocycles. The maximum Gasteiger partial charge on any atom is 0.407 e. The van der Waals surface area contributed by atoms with Gasteiger partial charge in [-0.2, -0.15) is 0 Å². The maximum atomic E-state index is 12.3. The number of hydrogen-bond acceptors (Lipinski definition) is 4. The zero-order valence-electron chi connectivity index (χ0n) is 18.2. The third-order valence-corrected chi connectivity index (χ3v) is 6.34. The molecule has 2 aromatic carbocycles. The van der Waals surface area contributed by atoms with E-state index in [1.54, 1.807) is 13.8 Å². The van der Waals surface area contributed by atoms with Gasteiger partial charge in [-0.25, -0.2) is 9.59 Å². The number of alkyl carbamates (subject to hydrolysis) is 1. The predicted molar refractivity (Wildman–Crippen MR) is 119 cm³/mol. The van der Waals surface area contributed by atoms with Crippen molar-refractivity contribution in [2.24, 2.45) is 17.8 Å². The summed E-state index contributed by atoms with van der Waals surface area (Å²) < 4.78 is 5.51. The van der Waals surface area contributed by atoms with Gasteiger partial charge in [0, 0.05) is 18.4 Å². The van der Waals surface area contributed by atoms with Crippen molar-refractivity contribution in [1.82, 2.24) is 10.6 Å². The summed E-state index contributed by atoms with van der Waals surface area (Å²) in [6.07, 6.45) is 0.114. The van der Waals surface area contributed by atoms with Crippen molar-refractivity contribution in [3.8, 4) is 11.1 Å². The van der Waals surface area contributed by atoms with Crippen LogP contribution < -0.4 is 10.6 Å². The predicted octanol–water partition coefficient (Wildman–Crippen LogP) is 3.39. The lowest BCUT2D eigenvalue weighted by molar-refractivity contribution is -0.143. The third-order valence-electron chi connectivity index (χ3n) is 6.34. The van der Waals surface area contributed by atoms with Gasteiger partial charge in [-0.3, -0.25) is 4.79 Å². The van der Waals surface area contributed by atoms with Gasteiger partial charge >= 0.3 is 12.1 Å². The normalized spacial score (nSPS) is 19.6. The molecule has 2 aliphatic rings. The van der Waals surface area contributed by atoms with E-state index in [0.29, 0.717) is 13.0 Å². The topological polar surface area (TPSA) is 105 Å². The van der Waals surface area contributed by atoms with Gasteiger partial charge in [0.2, 0.25) is 5.91 Å². The summed E-state index contributed by atoms with van der Waals surface area (Å²) in [7, 11) is 0. The standard InChI is InChI=1S/C25H28N2O5/c1-14(2)22(24(29)30)27-23(28)20-11-15(20)12-26-25(31)32-13-21-18-9-5-3-7-16(18)17-8-4-6-10-19(17)21/h3-10,14-15,20-22H,11-13H2,1-2H3,(H,26,31)(H,27,28)(H,29,30)/t15-,20-,22?/m1/s1. The van der Waals surface area contributed by atoms with E-state index in [1.165, 1.54) is 11.1 Å². The first kappa shape index (κ1) is 21.9. The molecule has 32 heavy (non-hydrogen) atoms. The van der Waals surface area contributed by atoms with Gasteiger partial charge in [-0.15, -0.1) is 0 Å². The van der Waals surface area contributed by atoms with Crippen molar-refractivity contribution in [3.63, 3.8) is 0 Å². The van der Waals surface area contributed by atoms with Crippen molar-refractivity contribution in [3.05, 3.63) is 59.7 Å². The second-order valence-electron chi connectivity index (χ2n) is 8.88. The number of carboxylic acid groups (broad SMARTS) is 1. The summed E-state index contributed by atoms with van der Waals surface area (Å²) in [6.45, 7) is 4.07. The second-order valence-corrected chi connectivity index (χ2v) is 8.88. The maximum absolute atomic E-state index is 12.3. The Morgan fingerprint density at radius 3 is 2.19 bits per heavy atom. The molecule has 3 atom stereocenters. The van der Waals surface area contributed by atoms with E-state index < -0.39 is 18.1 Å². The zero-order valence-corrected chi connectivity index (χ0v) is 18.2. The van der Waals surface area contributed by atoms with E-state index in [1.807, 2.05) is 24.3 Å². The molecule has 0 aromatic heterocycles. The molecule has 0 heterocycles. The molecule has 7 heteroatoms. The summed E-state index contributed by atoms with van der Waals surface area (Å²) in [5.41, 5.74) is 4.65.